The molecule has 5 atom stereocenters. The lowest BCUT2D eigenvalue weighted by Gasteiger charge is -2.26. The number of carbonyl (C=O) groups excluding carboxylic acids is 6. The van der Waals surface area contributed by atoms with Crippen molar-refractivity contribution in [3.63, 3.8) is 0 Å². The number of hydrogen-bond donors (Lipinski definition) is 5. The minimum Gasteiger partial charge on any atom is -0.502 e. The normalized spacial score (nSPS) is 17.1. The lowest BCUT2D eigenvalue weighted by atomic mass is 9.85. The first-order valence-electron chi connectivity index (χ1n) is 21.0. The number of Topliss-reactive ketones (excluding diaryl/α,β-unsaturated/α-hetero) is 1. The molecule has 1 aliphatic heterocycles. The van der Waals surface area contributed by atoms with Crippen LogP contribution in [0.4, 0.5) is 0 Å². The predicted molar refractivity (Wildman–Crippen MR) is 232 cm³/mol. The Morgan fingerprint density at radius 3 is 1.82 bits per heavy atom. The summed E-state index contributed by atoms with van der Waals surface area (Å²) in [7, 11) is 1.66. The summed E-state index contributed by atoms with van der Waals surface area (Å²) in [4.78, 5) is 64.9. The van der Waals surface area contributed by atoms with Gasteiger partial charge in [0, 0.05) is 18.6 Å². The summed E-state index contributed by atoms with van der Waals surface area (Å²) in [6.45, 7) is 32.3. The molecule has 2 fully saturated rings. The van der Waals surface area contributed by atoms with Gasteiger partial charge >= 0.3 is 0 Å². The van der Waals surface area contributed by atoms with E-state index in [-0.39, 0.29) is 17.9 Å². The summed E-state index contributed by atoms with van der Waals surface area (Å²) in [5.74, 6) is 0.453. The maximum Gasteiger partial charge on any atom is 0.289 e. The number of fused-ring (bicyclic) bond motifs is 1. The van der Waals surface area contributed by atoms with Gasteiger partial charge in [0.05, 0.1) is 31.5 Å². The van der Waals surface area contributed by atoms with Crippen molar-refractivity contribution < 1.29 is 33.5 Å². The molecule has 5 N–H and O–H groups in total. The van der Waals surface area contributed by atoms with Crippen molar-refractivity contribution in [2.24, 2.45) is 11.3 Å². The van der Waals surface area contributed by atoms with E-state index in [0.717, 1.165) is 43.0 Å². The molecule has 12 nitrogen and oxygen atoms in total. The van der Waals surface area contributed by atoms with Crippen molar-refractivity contribution in [2.75, 3.05) is 20.2 Å². The van der Waals surface area contributed by atoms with E-state index in [1.54, 1.807) is 7.11 Å². The smallest absolute Gasteiger partial charge is 0.289 e. The third-order valence-corrected chi connectivity index (χ3v) is 7.73. The number of unbranched alkanes of at least 4 members (excludes halogenated alkanes) is 1. The van der Waals surface area contributed by atoms with E-state index in [0.29, 0.717) is 32.1 Å². The molecule has 1 saturated heterocycles. The summed E-state index contributed by atoms with van der Waals surface area (Å²) < 4.78 is 4.76. The molecule has 1 aliphatic carbocycles. The van der Waals surface area contributed by atoms with Gasteiger partial charge in [0.25, 0.3) is 5.91 Å². The molecule has 0 spiro atoms. The highest BCUT2D eigenvalue weighted by Gasteiger charge is 2.32. The van der Waals surface area contributed by atoms with Crippen LogP contribution in [0.1, 0.15) is 175 Å². The average Bonchev–Trinajstić information content (AvgIpc) is 3.58. The number of amides is 4. The summed E-state index contributed by atoms with van der Waals surface area (Å²) >= 11 is 0. The van der Waals surface area contributed by atoms with Gasteiger partial charge in [-0.1, -0.05) is 128 Å². The first-order valence-corrected chi connectivity index (χ1v) is 21.0. The van der Waals surface area contributed by atoms with E-state index < -0.39 is 23.8 Å². The third-order valence-electron chi connectivity index (χ3n) is 7.73. The molecule has 55 heavy (non-hydrogen) atoms. The van der Waals surface area contributed by atoms with E-state index in [1.165, 1.54) is 38.5 Å². The lowest BCUT2D eigenvalue weighted by Crippen LogP contribution is -2.47. The predicted octanol–water partition coefficient (Wildman–Crippen LogP) is 7.83. The van der Waals surface area contributed by atoms with Crippen molar-refractivity contribution in [2.45, 2.75) is 199 Å². The lowest BCUT2D eigenvalue weighted by molar-refractivity contribution is -0.139. The Bertz CT molecular complexity index is 925. The minimum absolute atomic E-state index is 0.107. The molecule has 328 valence electrons. The Labute approximate surface area is 338 Å². The molecule has 0 radical (unpaired) electrons. The standard InChI is InChI=1S/C11H20N2O3.C9H16N2O3.C9H17N.C5H10O.C3H8.3C2H6/c1-3-5-7-12-11(16)10(15)9(6-4-2)13-8-14;1-9(2,3)7(5-12)11-8(14)4-10-6-13;1-7-6-8-4-2-3-5-9(8)10-7;1-4-5(2)6-3;1-3-2;3*1-2/h8-9H,3-7H2,1-2H3,(H,12,16)(H,13,14);5-7H,4H2,1-3H3,(H,10,13)(H,11,14);7-10H,2-6H2,1H3;4H,1-3H3;3H2,1-2H3;3*1-2H3/b;;;5-4-;;;;/t9-;;7-,8?,9?;;;;;/m0.1...../s1. The number of methoxy groups -OCH3 is 1. The highest BCUT2D eigenvalue weighted by atomic mass is 16.5. The molecule has 0 aromatic rings. The van der Waals surface area contributed by atoms with Gasteiger partial charge in [-0.05, 0) is 64.2 Å². The van der Waals surface area contributed by atoms with Crippen LogP contribution in [0.5, 0.6) is 0 Å². The molecule has 0 bridgehead atoms. The molecular formula is C43H89N5O7. The molecule has 2 rings (SSSR count). The molecule has 1 heterocycles. The van der Waals surface area contributed by atoms with Crippen LogP contribution >= 0.6 is 0 Å². The van der Waals surface area contributed by atoms with Crippen LogP contribution in [0.2, 0.25) is 0 Å². The Morgan fingerprint density at radius 2 is 1.44 bits per heavy atom. The number of rotatable bonds is 15. The van der Waals surface area contributed by atoms with Crippen molar-refractivity contribution in [3.05, 3.63) is 11.8 Å². The minimum atomic E-state index is -0.691. The molecular weight excluding hydrogens is 699 g/mol. The topological polar surface area (TPSA) is 172 Å². The Hall–Kier alpha value is -3.28. The zero-order chi connectivity index (χ0) is 44.3. The number of nitrogens with one attached hydrogen (secondary N) is 5. The number of ether oxygens (including phenoxy) is 1. The zero-order valence-electron chi connectivity index (χ0n) is 38.5. The molecule has 3 unspecified atom stereocenters. The number of aldehydes is 1. The van der Waals surface area contributed by atoms with Gasteiger partial charge in [0.15, 0.2) is 0 Å². The molecule has 0 aromatic heterocycles. The van der Waals surface area contributed by atoms with Gasteiger partial charge in [-0.25, -0.2) is 0 Å². The summed E-state index contributed by atoms with van der Waals surface area (Å²) in [6.07, 6.45) is 15.1. The van der Waals surface area contributed by atoms with Crippen LogP contribution < -0.4 is 26.6 Å². The van der Waals surface area contributed by atoms with Crippen LogP contribution in [-0.4, -0.2) is 81.1 Å². The van der Waals surface area contributed by atoms with E-state index in [2.05, 4.69) is 47.4 Å². The number of ketones is 1. The van der Waals surface area contributed by atoms with Gasteiger partial charge < -0.3 is 36.1 Å². The maximum absolute atomic E-state index is 11.6. The number of hydrogen-bond acceptors (Lipinski definition) is 8. The third kappa shape index (κ3) is 40.2. The Morgan fingerprint density at radius 1 is 0.891 bits per heavy atom. The maximum atomic E-state index is 11.6. The fraction of sp³-hybridized carbons (Fsp3) is 0.814. The summed E-state index contributed by atoms with van der Waals surface area (Å²) in [6, 6.07) is 0.462. The van der Waals surface area contributed by atoms with Crippen LogP contribution in [-0.2, 0) is 33.5 Å². The molecule has 1 saturated carbocycles. The van der Waals surface area contributed by atoms with Gasteiger partial charge in [-0.2, -0.15) is 0 Å². The first kappa shape index (κ1) is 63.7. The van der Waals surface area contributed by atoms with E-state index >= 15 is 0 Å². The highest BCUT2D eigenvalue weighted by molar-refractivity contribution is 6.38. The molecule has 2 aliphatic rings. The second-order valence-electron chi connectivity index (χ2n) is 13.4. The number of carbonyl (C=O) groups is 6. The second kappa shape index (κ2) is 46.9. The van der Waals surface area contributed by atoms with Gasteiger partial charge in [0.1, 0.15) is 6.29 Å². The van der Waals surface area contributed by atoms with Gasteiger partial charge in [-0.3, -0.25) is 24.0 Å². The van der Waals surface area contributed by atoms with Crippen molar-refractivity contribution in [1.29, 1.82) is 0 Å². The Kier molecular flexibility index (Phi) is 54.2. The quantitative estimate of drug-likeness (QED) is 0.0484. The van der Waals surface area contributed by atoms with Crippen LogP contribution in [0.25, 0.3) is 0 Å². The van der Waals surface area contributed by atoms with Crippen molar-refractivity contribution >= 4 is 36.7 Å². The average molecular weight is 788 g/mol. The molecule has 0 aromatic carbocycles. The fourth-order valence-corrected chi connectivity index (χ4v) is 4.81. The SMILES string of the molecule is C/C=C(/C)OC.CC.CC.CC.CC(C)(C)C(C=O)NC(=O)CNC=O.CCC.CCCCNC(=O)C(=O)[C@H](CCC)NC=O.C[C@@H]1CC2CCCCC2N1. The van der Waals surface area contributed by atoms with E-state index in [1.807, 2.05) is 96.1 Å². The molecule has 4 amide bonds. The van der Waals surface area contributed by atoms with E-state index in [4.69, 9.17) is 4.74 Å². The summed E-state index contributed by atoms with van der Waals surface area (Å²) in [5, 5.41) is 13.3. The van der Waals surface area contributed by atoms with Gasteiger partial charge in [-0.15, -0.1) is 0 Å². The Balaban J connectivity index is -0.000000140. The monoisotopic (exact) mass is 788 g/mol. The number of allylic oxidation sites excluding steroid dienone is 2. The fourth-order valence-electron chi connectivity index (χ4n) is 4.81. The van der Waals surface area contributed by atoms with Crippen molar-refractivity contribution in [1.82, 2.24) is 26.6 Å². The van der Waals surface area contributed by atoms with Crippen LogP contribution in [0.15, 0.2) is 11.8 Å². The van der Waals surface area contributed by atoms with E-state index in [9.17, 15) is 28.8 Å². The zero-order valence-corrected chi connectivity index (χ0v) is 38.5. The summed E-state index contributed by atoms with van der Waals surface area (Å²) in [5.41, 5.74) is -0.321. The first-order chi connectivity index (χ1) is 26.2. The van der Waals surface area contributed by atoms with Gasteiger partial charge in [0.2, 0.25) is 24.5 Å². The largest absolute Gasteiger partial charge is 0.502 e. The van der Waals surface area contributed by atoms with Crippen molar-refractivity contribution in [3.8, 4) is 0 Å². The van der Waals surface area contributed by atoms with Crippen LogP contribution in [0.3, 0.4) is 0 Å². The van der Waals surface area contributed by atoms with Crippen LogP contribution in [0, 0.1) is 11.3 Å². The molecule has 12 heteroatoms. The highest BCUT2D eigenvalue weighted by Crippen LogP contribution is 2.32. The second-order valence-corrected chi connectivity index (χ2v) is 13.4.